The Balaban J connectivity index is 1.49. The predicted molar refractivity (Wildman–Crippen MR) is 121 cm³/mol. The summed E-state index contributed by atoms with van der Waals surface area (Å²) in [6.07, 6.45) is 0.616. The summed E-state index contributed by atoms with van der Waals surface area (Å²) in [5, 5.41) is 11.1. The van der Waals surface area contributed by atoms with Crippen molar-refractivity contribution in [2.24, 2.45) is 5.92 Å². The number of aliphatic hydroxyl groups is 1. The van der Waals surface area contributed by atoms with E-state index in [1.807, 2.05) is 30.3 Å². The largest absolute Gasteiger partial charge is 0.388 e. The van der Waals surface area contributed by atoms with E-state index in [1.165, 1.54) is 7.05 Å². The smallest absolute Gasteiger partial charge is 0.240 e. The van der Waals surface area contributed by atoms with Gasteiger partial charge in [-0.3, -0.25) is 19.3 Å². The third kappa shape index (κ3) is 4.05. The van der Waals surface area contributed by atoms with Crippen molar-refractivity contribution in [1.29, 1.82) is 0 Å². The Labute approximate surface area is 192 Å². The van der Waals surface area contributed by atoms with Crippen LogP contribution in [0.5, 0.6) is 0 Å². The molecule has 2 aromatic rings. The maximum atomic E-state index is 13.3. The van der Waals surface area contributed by atoms with E-state index in [1.54, 1.807) is 29.2 Å². The van der Waals surface area contributed by atoms with Gasteiger partial charge in [-0.2, -0.15) is 0 Å². The fourth-order valence-electron chi connectivity index (χ4n) is 4.94. The molecule has 32 heavy (non-hydrogen) atoms. The van der Waals surface area contributed by atoms with Crippen molar-refractivity contribution < 1.29 is 19.5 Å². The van der Waals surface area contributed by atoms with Crippen LogP contribution in [-0.2, 0) is 19.8 Å². The number of benzene rings is 2. The number of amides is 3. The molecule has 2 fully saturated rings. The number of likely N-dealkylation sites (N-methyl/N-ethyl adjacent to an activating group) is 1. The second kappa shape index (κ2) is 9.04. The normalized spacial score (nSPS) is 23.0. The molecule has 2 heterocycles. The van der Waals surface area contributed by atoms with E-state index in [0.29, 0.717) is 36.5 Å². The van der Waals surface area contributed by atoms with Crippen molar-refractivity contribution in [2.75, 3.05) is 20.1 Å². The molecular weight excluding hydrogens is 428 g/mol. The van der Waals surface area contributed by atoms with Gasteiger partial charge in [0, 0.05) is 38.0 Å². The van der Waals surface area contributed by atoms with Crippen LogP contribution in [0.15, 0.2) is 54.6 Å². The summed E-state index contributed by atoms with van der Waals surface area (Å²) in [6, 6.07) is 16.5. The highest BCUT2D eigenvalue weighted by atomic mass is 35.5. The summed E-state index contributed by atoms with van der Waals surface area (Å²) < 4.78 is 0. The minimum atomic E-state index is -1.28. The molecule has 168 valence electrons. The quantitative estimate of drug-likeness (QED) is 0.703. The van der Waals surface area contributed by atoms with Crippen LogP contribution in [0, 0.1) is 5.92 Å². The Morgan fingerprint density at radius 1 is 1.09 bits per heavy atom. The molecule has 2 saturated heterocycles. The van der Waals surface area contributed by atoms with Crippen molar-refractivity contribution in [3.05, 3.63) is 70.7 Å². The van der Waals surface area contributed by atoms with Crippen LogP contribution in [0.4, 0.5) is 0 Å². The number of nitrogens with zero attached hydrogens (tertiary/aromatic N) is 2. The monoisotopic (exact) mass is 454 g/mol. The van der Waals surface area contributed by atoms with Crippen molar-refractivity contribution in [1.82, 2.24) is 9.80 Å². The van der Waals surface area contributed by atoms with Gasteiger partial charge < -0.3 is 10.0 Å². The zero-order chi connectivity index (χ0) is 22.9. The molecule has 7 heteroatoms. The highest BCUT2D eigenvalue weighted by Crippen LogP contribution is 2.43. The van der Waals surface area contributed by atoms with E-state index >= 15 is 0 Å². The number of carbonyl (C=O) groups is 3. The topological polar surface area (TPSA) is 77.9 Å². The first-order valence-electron chi connectivity index (χ1n) is 10.9. The molecule has 0 spiro atoms. The predicted octanol–water partition coefficient (Wildman–Crippen LogP) is 3.33. The lowest BCUT2D eigenvalue weighted by atomic mass is 9.75. The first-order chi connectivity index (χ1) is 15.3. The van der Waals surface area contributed by atoms with Crippen molar-refractivity contribution in [3.8, 4) is 0 Å². The summed E-state index contributed by atoms with van der Waals surface area (Å²) in [5.74, 6) is -0.806. The van der Waals surface area contributed by atoms with E-state index in [-0.39, 0.29) is 30.6 Å². The number of carbonyl (C=O) groups excluding carboxylic acids is 3. The molecule has 0 bridgehead atoms. The number of piperidine rings is 1. The number of rotatable bonds is 5. The molecule has 2 aromatic carbocycles. The molecule has 0 aliphatic carbocycles. The van der Waals surface area contributed by atoms with Gasteiger partial charge in [-0.1, -0.05) is 60.1 Å². The lowest BCUT2D eigenvalue weighted by Gasteiger charge is -2.36. The molecule has 0 radical (unpaired) electrons. The Hall–Kier alpha value is -2.70. The summed E-state index contributed by atoms with van der Waals surface area (Å²) in [7, 11) is 1.45. The zero-order valence-electron chi connectivity index (χ0n) is 18.0. The highest BCUT2D eigenvalue weighted by molar-refractivity contribution is 6.32. The van der Waals surface area contributed by atoms with Gasteiger partial charge in [-0.25, -0.2) is 0 Å². The van der Waals surface area contributed by atoms with E-state index < -0.39 is 17.4 Å². The standard InChI is InChI=1S/C25H27ClN2O4/c1-27-21(29)15-25(24(27)32,19-9-5-6-10-20(19)26)16-22(30)28-13-11-18(12-14-28)23(31)17-7-3-2-4-8-17/h2-10,18,23,31H,11-16H2,1H3/t23-,25+/m0/s1. The number of hydrogen-bond acceptors (Lipinski definition) is 4. The van der Waals surface area contributed by atoms with Crippen LogP contribution in [-0.4, -0.2) is 52.8 Å². The molecule has 0 saturated carbocycles. The van der Waals surface area contributed by atoms with Gasteiger partial charge in [0.25, 0.3) is 0 Å². The van der Waals surface area contributed by atoms with E-state index in [0.717, 1.165) is 10.5 Å². The minimum Gasteiger partial charge on any atom is -0.388 e. The second-order valence-corrected chi connectivity index (χ2v) is 9.15. The number of likely N-dealkylation sites (tertiary alicyclic amines) is 2. The first kappa shape index (κ1) is 22.5. The summed E-state index contributed by atoms with van der Waals surface area (Å²) >= 11 is 6.40. The van der Waals surface area contributed by atoms with Crippen molar-refractivity contribution >= 4 is 29.3 Å². The molecule has 4 rings (SSSR count). The maximum Gasteiger partial charge on any atom is 0.240 e. The van der Waals surface area contributed by atoms with Gasteiger partial charge >= 0.3 is 0 Å². The van der Waals surface area contributed by atoms with E-state index in [9.17, 15) is 19.5 Å². The van der Waals surface area contributed by atoms with Crippen LogP contribution >= 0.6 is 11.6 Å². The first-order valence-corrected chi connectivity index (χ1v) is 11.3. The van der Waals surface area contributed by atoms with Crippen molar-refractivity contribution in [3.63, 3.8) is 0 Å². The summed E-state index contributed by atoms with van der Waals surface area (Å²) in [4.78, 5) is 41.7. The van der Waals surface area contributed by atoms with Crippen LogP contribution in [0.2, 0.25) is 5.02 Å². The molecule has 6 nitrogen and oxygen atoms in total. The SMILES string of the molecule is CN1C(=O)C[C@@](CC(=O)N2CCC([C@@H](O)c3ccccc3)CC2)(c2ccccc2Cl)C1=O. The lowest BCUT2D eigenvalue weighted by molar-refractivity contribution is -0.142. The van der Waals surface area contributed by atoms with E-state index in [4.69, 9.17) is 11.6 Å². The number of aliphatic hydroxyl groups excluding tert-OH is 1. The number of halogens is 1. The summed E-state index contributed by atoms with van der Waals surface area (Å²) in [6.45, 7) is 1.01. The molecule has 2 aliphatic rings. The van der Waals surface area contributed by atoms with Gasteiger partial charge in [-0.15, -0.1) is 0 Å². The third-order valence-electron chi connectivity index (χ3n) is 6.86. The van der Waals surface area contributed by atoms with Crippen LogP contribution in [0.25, 0.3) is 0 Å². The zero-order valence-corrected chi connectivity index (χ0v) is 18.8. The van der Waals surface area contributed by atoms with Gasteiger partial charge in [0.2, 0.25) is 17.7 Å². The molecule has 0 unspecified atom stereocenters. The van der Waals surface area contributed by atoms with Crippen LogP contribution in [0.1, 0.15) is 42.9 Å². The number of imide groups is 1. The third-order valence-corrected chi connectivity index (χ3v) is 7.19. The molecule has 0 aromatic heterocycles. The molecule has 1 N–H and O–H groups in total. The van der Waals surface area contributed by atoms with Gasteiger partial charge in [-0.05, 0) is 36.0 Å². The maximum absolute atomic E-state index is 13.3. The average molecular weight is 455 g/mol. The van der Waals surface area contributed by atoms with Gasteiger partial charge in [0.1, 0.15) is 0 Å². The van der Waals surface area contributed by atoms with Crippen LogP contribution in [0.3, 0.4) is 0 Å². The molecule has 3 amide bonds. The Bertz CT molecular complexity index is 1020. The Morgan fingerprint density at radius 3 is 2.31 bits per heavy atom. The summed E-state index contributed by atoms with van der Waals surface area (Å²) in [5.41, 5.74) is 0.127. The average Bonchev–Trinajstić information content (AvgIpc) is 3.03. The van der Waals surface area contributed by atoms with E-state index in [2.05, 4.69) is 0 Å². The van der Waals surface area contributed by atoms with Gasteiger partial charge in [0.05, 0.1) is 11.5 Å². The fraction of sp³-hybridized carbons (Fsp3) is 0.400. The van der Waals surface area contributed by atoms with Crippen molar-refractivity contribution in [2.45, 2.75) is 37.2 Å². The molecular formula is C25H27ClN2O4. The Kier molecular flexibility index (Phi) is 6.35. The second-order valence-electron chi connectivity index (χ2n) is 8.75. The molecule has 2 atom stereocenters. The Morgan fingerprint density at radius 2 is 1.72 bits per heavy atom. The highest BCUT2D eigenvalue weighted by Gasteiger charge is 2.53. The number of hydrogen-bond donors (Lipinski definition) is 1. The minimum absolute atomic E-state index is 0.0685. The fourth-order valence-corrected chi connectivity index (χ4v) is 5.25. The van der Waals surface area contributed by atoms with Crippen LogP contribution < -0.4 is 0 Å². The lowest BCUT2D eigenvalue weighted by Crippen LogP contribution is -2.45. The van der Waals surface area contributed by atoms with Gasteiger partial charge in [0.15, 0.2) is 0 Å². The molecule has 2 aliphatic heterocycles.